The van der Waals surface area contributed by atoms with Gasteiger partial charge < -0.3 is 10.8 Å². The molecule has 1 aromatic rings. The van der Waals surface area contributed by atoms with Crippen molar-refractivity contribution in [1.29, 1.82) is 0 Å². The molecule has 86 valence electrons. The van der Waals surface area contributed by atoms with Crippen molar-refractivity contribution in [3.8, 4) is 0 Å². The van der Waals surface area contributed by atoms with Crippen molar-refractivity contribution in [3.63, 3.8) is 0 Å². The van der Waals surface area contributed by atoms with Crippen LogP contribution >= 0.6 is 11.8 Å². The highest BCUT2D eigenvalue weighted by atomic mass is 32.2. The molecule has 0 saturated carbocycles. The van der Waals surface area contributed by atoms with Crippen LogP contribution in [0.25, 0.3) is 0 Å². The third-order valence-corrected chi connectivity index (χ3v) is 3.16. The summed E-state index contributed by atoms with van der Waals surface area (Å²) in [6.45, 7) is 1.83. The van der Waals surface area contributed by atoms with E-state index in [1.165, 1.54) is 0 Å². The molecule has 0 radical (unpaired) electrons. The second-order valence-electron chi connectivity index (χ2n) is 3.24. The number of hydrogen-bond acceptors (Lipinski definition) is 3. The number of thioether (sulfide) groups is 1. The number of nitrogens with two attached hydrogens (primary N) is 1. The molecule has 0 amide bonds. The normalized spacial score (nSPS) is 11.4. The Morgan fingerprint density at radius 2 is 2.19 bits per heavy atom. The van der Waals surface area contributed by atoms with Gasteiger partial charge in [0.1, 0.15) is 0 Å². The Balaban J connectivity index is 2.59. The van der Waals surface area contributed by atoms with Gasteiger partial charge >= 0.3 is 5.97 Å². The lowest BCUT2D eigenvalue weighted by atomic mass is 10.2. The van der Waals surface area contributed by atoms with Crippen molar-refractivity contribution >= 4 is 23.4 Å². The molecule has 0 aliphatic heterocycles. The number of hydrogen-bond donors (Lipinski definition) is 2. The summed E-state index contributed by atoms with van der Waals surface area (Å²) in [7, 11) is 0. The topological polar surface area (TPSA) is 63.3 Å². The molecule has 0 fully saturated rings. The number of rotatable bonds is 5. The third kappa shape index (κ3) is 3.62. The fourth-order valence-electron chi connectivity index (χ4n) is 1.23. The maximum atomic E-state index is 10.7. The monoisotopic (exact) mass is 237 g/mol. The average molecular weight is 237 g/mol. The lowest BCUT2D eigenvalue weighted by molar-refractivity contribution is -0.132. The van der Waals surface area contributed by atoms with Crippen LogP contribution in [0.3, 0.4) is 0 Å². The van der Waals surface area contributed by atoms with Gasteiger partial charge in [0.15, 0.2) is 0 Å². The van der Waals surface area contributed by atoms with Crippen LogP contribution in [0.15, 0.2) is 40.8 Å². The van der Waals surface area contributed by atoms with Gasteiger partial charge in [-0.3, -0.25) is 0 Å². The summed E-state index contributed by atoms with van der Waals surface area (Å²) in [6.07, 6.45) is 2.28. The minimum Gasteiger partial charge on any atom is -0.478 e. The van der Waals surface area contributed by atoms with Gasteiger partial charge in [0.25, 0.3) is 0 Å². The number of benzene rings is 1. The van der Waals surface area contributed by atoms with Crippen LogP contribution < -0.4 is 5.73 Å². The Morgan fingerprint density at radius 3 is 2.75 bits per heavy atom. The van der Waals surface area contributed by atoms with Gasteiger partial charge in [-0.2, -0.15) is 0 Å². The van der Waals surface area contributed by atoms with Crippen molar-refractivity contribution < 1.29 is 9.90 Å². The van der Waals surface area contributed by atoms with Crippen LogP contribution in [-0.2, 0) is 4.79 Å². The lowest BCUT2D eigenvalue weighted by Crippen LogP contribution is -1.99. The average Bonchev–Trinajstić information content (AvgIpc) is 2.26. The van der Waals surface area contributed by atoms with Gasteiger partial charge in [0, 0.05) is 21.9 Å². The van der Waals surface area contributed by atoms with Crippen LogP contribution in [-0.4, -0.2) is 16.8 Å². The molecule has 0 unspecified atom stereocenters. The predicted molar refractivity (Wildman–Crippen MR) is 67.6 cm³/mol. The van der Waals surface area contributed by atoms with E-state index in [9.17, 15) is 4.79 Å². The van der Waals surface area contributed by atoms with Gasteiger partial charge in [0.2, 0.25) is 0 Å². The summed E-state index contributed by atoms with van der Waals surface area (Å²) in [6, 6.07) is 7.56. The van der Waals surface area contributed by atoms with Crippen LogP contribution in [0.5, 0.6) is 0 Å². The molecule has 0 saturated heterocycles. The molecule has 0 aliphatic rings. The minimum absolute atomic E-state index is 0.446. The van der Waals surface area contributed by atoms with Gasteiger partial charge in [-0.1, -0.05) is 25.1 Å². The molecule has 4 heteroatoms. The molecule has 0 heterocycles. The predicted octanol–water partition coefficient (Wildman–Crippen LogP) is 2.78. The Kier molecular flexibility index (Phi) is 4.92. The van der Waals surface area contributed by atoms with Gasteiger partial charge in [-0.05, 0) is 18.6 Å². The highest BCUT2D eigenvalue weighted by Gasteiger charge is 2.03. The van der Waals surface area contributed by atoms with E-state index in [0.29, 0.717) is 17.7 Å². The van der Waals surface area contributed by atoms with Crippen molar-refractivity contribution in [2.24, 2.45) is 0 Å². The Bertz CT molecular complexity index is 402. The Labute approximate surface area is 99.4 Å². The van der Waals surface area contributed by atoms with E-state index in [2.05, 4.69) is 0 Å². The van der Waals surface area contributed by atoms with E-state index in [1.54, 1.807) is 17.8 Å². The Morgan fingerprint density at radius 1 is 1.50 bits per heavy atom. The second kappa shape index (κ2) is 6.23. The van der Waals surface area contributed by atoms with E-state index in [-0.39, 0.29) is 0 Å². The zero-order valence-corrected chi connectivity index (χ0v) is 9.96. The second-order valence-corrected chi connectivity index (χ2v) is 4.30. The first kappa shape index (κ1) is 12.6. The molecule has 16 heavy (non-hydrogen) atoms. The molecule has 3 N–H and O–H groups in total. The van der Waals surface area contributed by atoms with Crippen molar-refractivity contribution in [2.45, 2.75) is 18.2 Å². The molecule has 0 spiro atoms. The fraction of sp³-hybridized carbons (Fsp3) is 0.250. The smallest absolute Gasteiger partial charge is 0.331 e. The molecule has 0 atom stereocenters. The van der Waals surface area contributed by atoms with Crippen LogP contribution in [0.2, 0.25) is 0 Å². The highest BCUT2D eigenvalue weighted by Crippen LogP contribution is 2.24. The maximum absolute atomic E-state index is 10.7. The molecule has 1 rings (SSSR count). The summed E-state index contributed by atoms with van der Waals surface area (Å²) in [4.78, 5) is 11.7. The van der Waals surface area contributed by atoms with E-state index in [4.69, 9.17) is 10.8 Å². The lowest BCUT2D eigenvalue weighted by Gasteiger charge is -2.03. The van der Waals surface area contributed by atoms with Crippen molar-refractivity contribution in [3.05, 3.63) is 35.9 Å². The Hall–Kier alpha value is -1.42. The SMILES string of the molecule is CCC(=CCSc1ccccc1N)C(=O)O. The number of carboxylic acid groups (broad SMARTS) is 1. The number of carbonyl (C=O) groups is 1. The number of anilines is 1. The largest absolute Gasteiger partial charge is 0.478 e. The van der Waals surface area contributed by atoms with Crippen LogP contribution in [0.4, 0.5) is 5.69 Å². The fourth-order valence-corrected chi connectivity index (χ4v) is 2.10. The molecular weight excluding hydrogens is 222 g/mol. The van der Waals surface area contributed by atoms with Crippen molar-refractivity contribution in [2.75, 3.05) is 11.5 Å². The zero-order chi connectivity index (χ0) is 12.0. The molecule has 0 aromatic heterocycles. The molecule has 3 nitrogen and oxygen atoms in total. The van der Waals surface area contributed by atoms with E-state index >= 15 is 0 Å². The summed E-state index contributed by atoms with van der Waals surface area (Å²) in [5.74, 6) is -0.215. The van der Waals surface area contributed by atoms with E-state index in [0.717, 1.165) is 10.6 Å². The molecule has 0 bridgehead atoms. The summed E-state index contributed by atoms with van der Waals surface area (Å²) >= 11 is 1.54. The number of aliphatic carboxylic acids is 1. The first-order valence-electron chi connectivity index (χ1n) is 5.04. The number of nitrogen functional groups attached to an aromatic ring is 1. The maximum Gasteiger partial charge on any atom is 0.331 e. The van der Waals surface area contributed by atoms with Gasteiger partial charge in [-0.25, -0.2) is 4.79 Å². The summed E-state index contributed by atoms with van der Waals surface area (Å²) < 4.78 is 0. The van der Waals surface area contributed by atoms with Gasteiger partial charge in [0.05, 0.1) is 0 Å². The summed E-state index contributed by atoms with van der Waals surface area (Å²) in [5.41, 5.74) is 6.95. The molecule has 1 aromatic carbocycles. The third-order valence-electron chi connectivity index (χ3n) is 2.14. The van der Waals surface area contributed by atoms with Crippen molar-refractivity contribution in [1.82, 2.24) is 0 Å². The highest BCUT2D eigenvalue weighted by molar-refractivity contribution is 7.99. The quantitative estimate of drug-likeness (QED) is 0.469. The summed E-state index contributed by atoms with van der Waals surface area (Å²) in [5, 5.41) is 8.82. The van der Waals surface area contributed by atoms with Crippen LogP contribution in [0, 0.1) is 0 Å². The van der Waals surface area contributed by atoms with E-state index < -0.39 is 5.97 Å². The number of carboxylic acids is 1. The molecular formula is C12H15NO2S. The van der Waals surface area contributed by atoms with Gasteiger partial charge in [-0.15, -0.1) is 11.8 Å². The van der Waals surface area contributed by atoms with E-state index in [1.807, 2.05) is 31.2 Å². The standard InChI is InChI=1S/C12H15NO2S/c1-2-9(12(14)15)7-8-16-11-6-4-3-5-10(11)13/h3-7H,2,8,13H2,1H3,(H,14,15). The minimum atomic E-state index is -0.843. The first-order valence-corrected chi connectivity index (χ1v) is 6.03. The molecule has 0 aliphatic carbocycles. The number of para-hydroxylation sites is 1. The van der Waals surface area contributed by atoms with Crippen LogP contribution in [0.1, 0.15) is 13.3 Å². The zero-order valence-electron chi connectivity index (χ0n) is 9.14. The first-order chi connectivity index (χ1) is 7.65.